The molecule has 3 aromatic rings. The summed E-state index contributed by atoms with van der Waals surface area (Å²) in [7, 11) is 0. The molecule has 2 aromatic carbocycles. The van der Waals surface area contributed by atoms with Gasteiger partial charge in [0.05, 0.1) is 5.69 Å². The number of carbonyl (C=O) groups excluding carboxylic acids is 1. The normalized spacial score (nSPS) is 16.9. The molecular formula is C25H29FN4O. The zero-order valence-electron chi connectivity index (χ0n) is 18.1. The second-order valence-electron chi connectivity index (χ2n) is 8.49. The molecule has 1 saturated heterocycles. The average Bonchev–Trinajstić information content (AvgIpc) is 3.29. The van der Waals surface area contributed by atoms with E-state index in [2.05, 4.69) is 41.3 Å². The van der Waals surface area contributed by atoms with Gasteiger partial charge in [0.15, 0.2) is 0 Å². The van der Waals surface area contributed by atoms with Gasteiger partial charge in [-0.05, 0) is 92.2 Å². The van der Waals surface area contributed by atoms with Gasteiger partial charge in [0.2, 0.25) is 0 Å². The first-order chi connectivity index (χ1) is 15.0. The molecule has 1 aliphatic heterocycles. The van der Waals surface area contributed by atoms with Crippen molar-refractivity contribution in [3.8, 4) is 5.69 Å². The quantitative estimate of drug-likeness (QED) is 0.648. The van der Waals surface area contributed by atoms with Crippen LogP contribution in [0.15, 0.2) is 54.9 Å². The van der Waals surface area contributed by atoms with Gasteiger partial charge < -0.3 is 5.32 Å². The number of halogens is 1. The van der Waals surface area contributed by atoms with Gasteiger partial charge in [-0.1, -0.05) is 6.07 Å². The number of aromatic nitrogens is 2. The molecular weight excluding hydrogens is 391 g/mol. The van der Waals surface area contributed by atoms with Crippen LogP contribution in [0.25, 0.3) is 5.69 Å². The lowest BCUT2D eigenvalue weighted by molar-refractivity contribution is 0.0930. The number of amides is 1. The number of rotatable bonds is 6. The molecule has 0 spiro atoms. The van der Waals surface area contributed by atoms with Gasteiger partial charge in [0.25, 0.3) is 5.91 Å². The largest absolute Gasteiger partial charge is 0.352 e. The molecule has 1 atom stereocenters. The van der Waals surface area contributed by atoms with Crippen LogP contribution in [0.5, 0.6) is 0 Å². The minimum atomic E-state index is -0.333. The van der Waals surface area contributed by atoms with Gasteiger partial charge in [-0.25, -0.2) is 9.07 Å². The van der Waals surface area contributed by atoms with E-state index in [1.165, 1.54) is 41.0 Å². The fourth-order valence-electron chi connectivity index (χ4n) is 4.42. The molecule has 2 heterocycles. The Morgan fingerprint density at radius 3 is 2.77 bits per heavy atom. The van der Waals surface area contributed by atoms with Crippen molar-refractivity contribution in [3.63, 3.8) is 0 Å². The van der Waals surface area contributed by atoms with Crippen molar-refractivity contribution in [2.24, 2.45) is 5.92 Å². The van der Waals surface area contributed by atoms with Crippen LogP contribution in [0.1, 0.15) is 39.9 Å². The zero-order valence-corrected chi connectivity index (χ0v) is 18.1. The summed E-state index contributed by atoms with van der Waals surface area (Å²) in [6.45, 7) is 7.77. The van der Waals surface area contributed by atoms with Crippen LogP contribution in [0, 0.1) is 25.6 Å². The number of hydrogen-bond donors (Lipinski definition) is 1. The van der Waals surface area contributed by atoms with Crippen LogP contribution in [-0.2, 0) is 6.54 Å². The molecule has 0 radical (unpaired) electrons. The molecule has 0 aliphatic carbocycles. The molecule has 0 unspecified atom stereocenters. The number of likely N-dealkylation sites (tertiary alicyclic amines) is 1. The lowest BCUT2D eigenvalue weighted by Crippen LogP contribution is -2.40. The average molecular weight is 421 g/mol. The fraction of sp³-hybridized carbons (Fsp3) is 0.360. The standard InChI is InChI=1S/C25H29FN4O/c1-18-13-19(2)23(24(14-18)30-12-4-10-28-30)17-29-11-3-5-20(16-29)15-27-25(31)21-6-8-22(26)9-7-21/h4,6-10,12-14,20H,3,5,11,15-17H2,1-2H3,(H,27,31)/t20-/m0/s1. The minimum absolute atomic E-state index is 0.146. The van der Waals surface area contributed by atoms with Gasteiger partial charge in [-0.15, -0.1) is 0 Å². The number of hydrogen-bond acceptors (Lipinski definition) is 3. The molecule has 0 bridgehead atoms. The first-order valence-electron chi connectivity index (χ1n) is 10.9. The van der Waals surface area contributed by atoms with Crippen molar-refractivity contribution in [1.82, 2.24) is 20.0 Å². The Labute approximate surface area is 182 Å². The van der Waals surface area contributed by atoms with Crippen LogP contribution in [-0.4, -0.2) is 40.2 Å². The summed E-state index contributed by atoms with van der Waals surface area (Å²) in [4.78, 5) is 14.8. The molecule has 1 amide bonds. The van der Waals surface area contributed by atoms with E-state index in [1.54, 1.807) is 0 Å². The predicted molar refractivity (Wildman–Crippen MR) is 120 cm³/mol. The number of nitrogens with one attached hydrogen (secondary N) is 1. The highest BCUT2D eigenvalue weighted by molar-refractivity contribution is 5.94. The second kappa shape index (κ2) is 9.43. The van der Waals surface area contributed by atoms with Crippen LogP contribution < -0.4 is 5.32 Å². The summed E-state index contributed by atoms with van der Waals surface area (Å²) in [6, 6.07) is 12.1. The summed E-state index contributed by atoms with van der Waals surface area (Å²) < 4.78 is 15.0. The lowest BCUT2D eigenvalue weighted by Gasteiger charge is -2.33. The number of piperidine rings is 1. The number of benzene rings is 2. The Hall–Kier alpha value is -2.99. The van der Waals surface area contributed by atoms with Gasteiger partial charge in [-0.2, -0.15) is 5.10 Å². The third kappa shape index (κ3) is 5.20. The van der Waals surface area contributed by atoms with E-state index < -0.39 is 0 Å². The van der Waals surface area contributed by atoms with Crippen LogP contribution >= 0.6 is 0 Å². The summed E-state index contributed by atoms with van der Waals surface area (Å²) in [5, 5.41) is 7.47. The number of nitrogens with zero attached hydrogens (tertiary/aromatic N) is 3. The Morgan fingerprint density at radius 1 is 1.23 bits per heavy atom. The van der Waals surface area contributed by atoms with E-state index in [4.69, 9.17) is 0 Å². The molecule has 1 aromatic heterocycles. The van der Waals surface area contributed by atoms with Crippen LogP contribution in [0.4, 0.5) is 4.39 Å². The smallest absolute Gasteiger partial charge is 0.251 e. The maximum Gasteiger partial charge on any atom is 0.251 e. The highest BCUT2D eigenvalue weighted by Crippen LogP contribution is 2.25. The molecule has 1 N–H and O–H groups in total. The van der Waals surface area contributed by atoms with Crippen molar-refractivity contribution >= 4 is 5.91 Å². The summed E-state index contributed by atoms with van der Waals surface area (Å²) in [6.07, 6.45) is 6.00. The maximum atomic E-state index is 13.1. The van der Waals surface area contributed by atoms with Gasteiger partial charge in [0, 0.05) is 37.6 Å². The fourth-order valence-corrected chi connectivity index (χ4v) is 4.42. The molecule has 6 heteroatoms. The van der Waals surface area contributed by atoms with E-state index in [1.807, 2.05) is 23.1 Å². The monoisotopic (exact) mass is 420 g/mol. The first-order valence-corrected chi connectivity index (χ1v) is 10.9. The van der Waals surface area contributed by atoms with Gasteiger partial charge in [0.1, 0.15) is 5.82 Å². The van der Waals surface area contributed by atoms with E-state index in [0.29, 0.717) is 18.0 Å². The SMILES string of the molecule is Cc1cc(C)c(CN2CCC[C@@H](CNC(=O)c3ccc(F)cc3)C2)c(-n2cccn2)c1. The number of carbonyl (C=O) groups is 1. The van der Waals surface area contributed by atoms with E-state index in [9.17, 15) is 9.18 Å². The highest BCUT2D eigenvalue weighted by Gasteiger charge is 2.22. The molecule has 1 aliphatic rings. The van der Waals surface area contributed by atoms with Crippen molar-refractivity contribution in [1.29, 1.82) is 0 Å². The lowest BCUT2D eigenvalue weighted by atomic mass is 9.96. The zero-order chi connectivity index (χ0) is 21.8. The van der Waals surface area contributed by atoms with Crippen LogP contribution in [0.2, 0.25) is 0 Å². The van der Waals surface area contributed by atoms with Crippen molar-refractivity contribution in [2.45, 2.75) is 33.2 Å². The van der Waals surface area contributed by atoms with Gasteiger partial charge in [-0.3, -0.25) is 9.69 Å². The Balaban J connectivity index is 1.40. The second-order valence-corrected chi connectivity index (χ2v) is 8.49. The van der Waals surface area contributed by atoms with E-state index in [0.717, 1.165) is 38.2 Å². The Bertz CT molecular complexity index is 1030. The third-order valence-electron chi connectivity index (χ3n) is 5.99. The maximum absolute atomic E-state index is 13.1. The molecule has 162 valence electrons. The molecule has 31 heavy (non-hydrogen) atoms. The molecule has 0 saturated carbocycles. The third-order valence-corrected chi connectivity index (χ3v) is 5.99. The van der Waals surface area contributed by atoms with E-state index in [-0.39, 0.29) is 11.7 Å². The van der Waals surface area contributed by atoms with Crippen molar-refractivity contribution in [2.75, 3.05) is 19.6 Å². The minimum Gasteiger partial charge on any atom is -0.352 e. The summed E-state index contributed by atoms with van der Waals surface area (Å²) in [5.74, 6) is -0.0788. The molecule has 4 rings (SSSR count). The first kappa shape index (κ1) is 21.2. The van der Waals surface area contributed by atoms with Gasteiger partial charge >= 0.3 is 0 Å². The highest BCUT2D eigenvalue weighted by atomic mass is 19.1. The van der Waals surface area contributed by atoms with Crippen molar-refractivity contribution < 1.29 is 9.18 Å². The predicted octanol–water partition coefficient (Wildman–Crippen LogP) is 4.27. The molecule has 1 fully saturated rings. The topological polar surface area (TPSA) is 50.2 Å². The Morgan fingerprint density at radius 2 is 2.03 bits per heavy atom. The van der Waals surface area contributed by atoms with Crippen LogP contribution in [0.3, 0.4) is 0 Å². The summed E-state index contributed by atoms with van der Waals surface area (Å²) >= 11 is 0. The summed E-state index contributed by atoms with van der Waals surface area (Å²) in [5.41, 5.74) is 5.43. The van der Waals surface area contributed by atoms with Crippen molar-refractivity contribution in [3.05, 3.63) is 82.9 Å². The molecule has 5 nitrogen and oxygen atoms in total. The Kier molecular flexibility index (Phi) is 6.47. The number of aryl methyl sites for hydroxylation is 2. The van der Waals surface area contributed by atoms with E-state index >= 15 is 0 Å².